The topological polar surface area (TPSA) is 76.0 Å². The van der Waals surface area contributed by atoms with Gasteiger partial charge in [0.1, 0.15) is 12.4 Å². The van der Waals surface area contributed by atoms with Crippen molar-refractivity contribution in [2.45, 2.75) is 50.4 Å². The van der Waals surface area contributed by atoms with Crippen LogP contribution < -0.4 is 4.74 Å². The number of halogens is 1. The highest BCUT2D eigenvalue weighted by atomic mass is 35.5. The number of benzene rings is 1. The van der Waals surface area contributed by atoms with E-state index in [1.54, 1.807) is 30.3 Å². The highest BCUT2D eigenvalue weighted by molar-refractivity contribution is 6.30. The van der Waals surface area contributed by atoms with E-state index in [0.29, 0.717) is 36.5 Å². The second-order valence-corrected chi connectivity index (χ2v) is 7.83. The Morgan fingerprint density at radius 2 is 2.04 bits per heavy atom. The maximum absolute atomic E-state index is 12.2. The van der Waals surface area contributed by atoms with Crippen LogP contribution in [0.5, 0.6) is 5.75 Å². The van der Waals surface area contributed by atoms with Gasteiger partial charge in [0.15, 0.2) is 6.10 Å². The second-order valence-electron chi connectivity index (χ2n) is 7.39. The number of hydrogen-bond acceptors (Lipinski definition) is 5. The minimum Gasteiger partial charge on any atom is -0.489 e. The van der Waals surface area contributed by atoms with Crippen molar-refractivity contribution < 1.29 is 24.5 Å². The van der Waals surface area contributed by atoms with Crippen LogP contribution in [-0.2, 0) is 9.53 Å². The summed E-state index contributed by atoms with van der Waals surface area (Å²) in [7, 11) is 0. The van der Waals surface area contributed by atoms with Crippen LogP contribution in [0.4, 0.5) is 0 Å². The van der Waals surface area contributed by atoms with Gasteiger partial charge in [-0.05, 0) is 49.5 Å². The van der Waals surface area contributed by atoms with Crippen molar-refractivity contribution in [2.75, 3.05) is 6.61 Å². The van der Waals surface area contributed by atoms with E-state index in [0.717, 1.165) is 6.42 Å². The monoisotopic (exact) mass is 406 g/mol. The molecule has 5 nitrogen and oxygen atoms in total. The number of allylic oxidation sites excluding steroid dienone is 2. The first-order chi connectivity index (χ1) is 13.5. The summed E-state index contributed by atoms with van der Waals surface area (Å²) in [6.45, 7) is 0.150. The SMILES string of the molecule is O=C1CCC/C=C\C[C@@H]2C(/C=C/[C@H](COc3cccc(Cl)c3)O1)[C@H](O)C[C@@H]2O. The molecule has 1 saturated carbocycles. The zero-order valence-electron chi connectivity index (χ0n) is 15.7. The Morgan fingerprint density at radius 1 is 1.18 bits per heavy atom. The fourth-order valence-electron chi connectivity index (χ4n) is 3.79. The highest BCUT2D eigenvalue weighted by Crippen LogP contribution is 2.36. The lowest BCUT2D eigenvalue weighted by atomic mass is 9.89. The van der Waals surface area contributed by atoms with Crippen molar-refractivity contribution in [3.63, 3.8) is 0 Å². The standard InChI is InChI=1S/C22H27ClO5/c23-15-6-5-7-16(12-15)27-14-17-10-11-19-18(20(24)13-21(19)25)8-3-1-2-4-9-22(26)28-17/h1,3,5-7,10-12,17-21,24-25H,2,4,8-9,13-14H2/b3-1-,11-10+/t17-,18-,19?,20+,21-/m1/s1. The Morgan fingerprint density at radius 3 is 2.86 bits per heavy atom. The first kappa shape index (κ1) is 20.9. The van der Waals surface area contributed by atoms with Crippen LogP contribution in [0.1, 0.15) is 32.1 Å². The van der Waals surface area contributed by atoms with Gasteiger partial charge in [0.2, 0.25) is 0 Å². The van der Waals surface area contributed by atoms with Crippen molar-refractivity contribution in [1.29, 1.82) is 0 Å². The first-order valence-corrected chi connectivity index (χ1v) is 10.2. The van der Waals surface area contributed by atoms with Gasteiger partial charge in [0.05, 0.1) is 12.2 Å². The molecule has 1 aromatic rings. The number of aliphatic hydroxyl groups is 2. The molecule has 0 aromatic heterocycles. The Hall–Kier alpha value is -1.82. The molecular weight excluding hydrogens is 380 g/mol. The fraction of sp³-hybridized carbons (Fsp3) is 0.500. The average Bonchev–Trinajstić information content (AvgIpc) is 2.93. The Balaban J connectivity index is 1.73. The van der Waals surface area contributed by atoms with Gasteiger partial charge in [-0.25, -0.2) is 0 Å². The molecule has 1 heterocycles. The average molecular weight is 407 g/mol. The van der Waals surface area contributed by atoms with Gasteiger partial charge in [0.25, 0.3) is 0 Å². The summed E-state index contributed by atoms with van der Waals surface area (Å²) < 4.78 is 11.3. The lowest BCUT2D eigenvalue weighted by Gasteiger charge is -2.20. The van der Waals surface area contributed by atoms with Crippen LogP contribution in [-0.4, -0.2) is 41.1 Å². The molecule has 152 valence electrons. The Bertz CT molecular complexity index is 717. The van der Waals surface area contributed by atoms with Crippen molar-refractivity contribution in [1.82, 2.24) is 0 Å². The van der Waals surface area contributed by atoms with Gasteiger partial charge in [-0.2, -0.15) is 0 Å². The van der Waals surface area contributed by atoms with E-state index in [1.807, 2.05) is 18.2 Å². The first-order valence-electron chi connectivity index (χ1n) is 9.80. The van der Waals surface area contributed by atoms with E-state index < -0.39 is 18.3 Å². The van der Waals surface area contributed by atoms with Crippen LogP contribution in [0.2, 0.25) is 5.02 Å². The molecule has 0 saturated heterocycles. The van der Waals surface area contributed by atoms with E-state index in [2.05, 4.69) is 0 Å². The molecule has 0 amide bonds. The molecule has 3 rings (SSSR count). The number of hydrogen-bond donors (Lipinski definition) is 2. The number of aliphatic hydroxyl groups excluding tert-OH is 2. The normalized spacial score (nSPS) is 33.5. The van der Waals surface area contributed by atoms with Crippen molar-refractivity contribution in [3.8, 4) is 5.75 Å². The number of esters is 1. The van der Waals surface area contributed by atoms with Gasteiger partial charge in [-0.3, -0.25) is 4.79 Å². The summed E-state index contributed by atoms with van der Waals surface area (Å²) in [5, 5.41) is 21.2. The summed E-state index contributed by atoms with van der Waals surface area (Å²) in [5.74, 6) is 0.0834. The van der Waals surface area contributed by atoms with Crippen LogP contribution >= 0.6 is 11.6 Å². The minimum absolute atomic E-state index is 0.0477. The molecule has 0 spiro atoms. The quantitative estimate of drug-likeness (QED) is 0.591. The number of carbonyl (C=O) groups is 1. The number of rotatable bonds is 3. The zero-order chi connectivity index (χ0) is 19.9. The summed E-state index contributed by atoms with van der Waals surface area (Å²) in [5.41, 5.74) is 0. The lowest BCUT2D eigenvalue weighted by molar-refractivity contribution is -0.148. The number of fused-ring (bicyclic) bond motifs is 1. The summed E-state index contributed by atoms with van der Waals surface area (Å²) >= 11 is 5.98. The molecule has 1 fully saturated rings. The van der Waals surface area contributed by atoms with E-state index >= 15 is 0 Å². The van der Waals surface area contributed by atoms with Crippen molar-refractivity contribution in [2.24, 2.45) is 11.8 Å². The maximum atomic E-state index is 12.2. The van der Waals surface area contributed by atoms with Crippen molar-refractivity contribution >= 4 is 17.6 Å². The van der Waals surface area contributed by atoms with Gasteiger partial charge >= 0.3 is 5.97 Å². The van der Waals surface area contributed by atoms with Gasteiger partial charge in [-0.15, -0.1) is 0 Å². The van der Waals surface area contributed by atoms with Crippen LogP contribution in [0.15, 0.2) is 48.6 Å². The van der Waals surface area contributed by atoms with E-state index in [4.69, 9.17) is 21.1 Å². The molecule has 5 atom stereocenters. The molecule has 28 heavy (non-hydrogen) atoms. The summed E-state index contributed by atoms with van der Waals surface area (Å²) in [6, 6.07) is 7.04. The van der Waals surface area contributed by atoms with Crippen LogP contribution in [0, 0.1) is 11.8 Å². The molecule has 1 unspecified atom stereocenters. The van der Waals surface area contributed by atoms with E-state index in [-0.39, 0.29) is 24.4 Å². The maximum Gasteiger partial charge on any atom is 0.306 e. The van der Waals surface area contributed by atoms with Crippen LogP contribution in [0.3, 0.4) is 0 Å². The molecule has 6 heteroatoms. The van der Waals surface area contributed by atoms with Crippen molar-refractivity contribution in [3.05, 3.63) is 53.6 Å². The smallest absolute Gasteiger partial charge is 0.306 e. The minimum atomic E-state index is -0.611. The molecule has 0 bridgehead atoms. The van der Waals surface area contributed by atoms with E-state index in [9.17, 15) is 15.0 Å². The van der Waals surface area contributed by atoms with E-state index in [1.165, 1.54) is 0 Å². The number of cyclic esters (lactones) is 1. The number of carbonyl (C=O) groups excluding carboxylic acids is 1. The zero-order valence-corrected chi connectivity index (χ0v) is 16.5. The molecule has 2 N–H and O–H groups in total. The van der Waals surface area contributed by atoms with Gasteiger partial charge < -0.3 is 19.7 Å². The molecular formula is C22H27ClO5. The van der Waals surface area contributed by atoms with Crippen LogP contribution in [0.25, 0.3) is 0 Å². The van der Waals surface area contributed by atoms with Gasteiger partial charge in [-0.1, -0.05) is 35.9 Å². The molecule has 2 aliphatic rings. The predicted octanol–water partition coefficient (Wildman–Crippen LogP) is 3.67. The fourth-order valence-corrected chi connectivity index (χ4v) is 3.97. The third kappa shape index (κ3) is 5.84. The third-order valence-electron chi connectivity index (χ3n) is 5.28. The summed E-state index contributed by atoms with van der Waals surface area (Å²) in [4.78, 5) is 12.2. The Labute approximate surface area is 170 Å². The summed E-state index contributed by atoms with van der Waals surface area (Å²) in [6.07, 6.45) is 8.85. The molecule has 1 aromatic carbocycles. The largest absolute Gasteiger partial charge is 0.489 e. The second kappa shape index (κ2) is 10.1. The van der Waals surface area contributed by atoms with Gasteiger partial charge in [0, 0.05) is 23.8 Å². The molecule has 0 radical (unpaired) electrons. The number of ether oxygens (including phenoxy) is 2. The third-order valence-corrected chi connectivity index (χ3v) is 5.52. The highest BCUT2D eigenvalue weighted by Gasteiger charge is 2.39. The molecule has 1 aliphatic heterocycles. The molecule has 1 aliphatic carbocycles. The Kier molecular flexibility index (Phi) is 7.54. The lowest BCUT2D eigenvalue weighted by Crippen LogP contribution is -2.25. The predicted molar refractivity (Wildman–Crippen MR) is 107 cm³/mol.